The molecule has 0 radical (unpaired) electrons. The van der Waals surface area contributed by atoms with E-state index in [1.165, 1.54) is 6.07 Å². The summed E-state index contributed by atoms with van der Waals surface area (Å²) in [5.41, 5.74) is 1.36. The monoisotopic (exact) mass is 404 g/mol. The first-order valence-electron chi connectivity index (χ1n) is 8.51. The molecular formula is C18H20N4O3S2. The third kappa shape index (κ3) is 4.32. The minimum absolute atomic E-state index is 0.00558. The van der Waals surface area contributed by atoms with E-state index in [1.807, 2.05) is 19.9 Å². The predicted molar refractivity (Wildman–Crippen MR) is 105 cm³/mol. The minimum Gasteiger partial charge on any atom is -0.352 e. The van der Waals surface area contributed by atoms with Gasteiger partial charge in [-0.05, 0) is 31.0 Å². The van der Waals surface area contributed by atoms with Crippen molar-refractivity contribution in [2.24, 2.45) is 0 Å². The van der Waals surface area contributed by atoms with Gasteiger partial charge in [0.15, 0.2) is 0 Å². The lowest BCUT2D eigenvalue weighted by Crippen LogP contribution is -2.43. The fourth-order valence-corrected chi connectivity index (χ4v) is 4.51. The summed E-state index contributed by atoms with van der Waals surface area (Å²) in [5.74, 6) is -0.400. The number of nitrogens with one attached hydrogen (secondary N) is 2. The molecule has 0 saturated carbocycles. The van der Waals surface area contributed by atoms with Gasteiger partial charge in [0, 0.05) is 6.04 Å². The summed E-state index contributed by atoms with van der Waals surface area (Å²) in [6.45, 7) is 3.82. The topological polar surface area (TPSA) is 101 Å². The SMILES string of the molecule is CC[C@H](C)NC(=O)[C@H](NS(=O)(=O)c1cccc2nsnc12)c1ccccc1. The first-order chi connectivity index (χ1) is 12.9. The van der Waals surface area contributed by atoms with E-state index in [2.05, 4.69) is 18.8 Å². The van der Waals surface area contributed by atoms with Crippen molar-refractivity contribution in [3.05, 3.63) is 54.1 Å². The van der Waals surface area contributed by atoms with E-state index in [4.69, 9.17) is 0 Å². The van der Waals surface area contributed by atoms with Crippen LogP contribution in [0.4, 0.5) is 0 Å². The molecule has 0 bridgehead atoms. The van der Waals surface area contributed by atoms with Crippen LogP contribution in [0.1, 0.15) is 31.9 Å². The van der Waals surface area contributed by atoms with Crippen LogP contribution in [0.3, 0.4) is 0 Å². The van der Waals surface area contributed by atoms with Crippen LogP contribution in [0.25, 0.3) is 11.0 Å². The number of nitrogens with zero attached hydrogens (tertiary/aromatic N) is 2. The van der Waals surface area contributed by atoms with Crippen molar-refractivity contribution < 1.29 is 13.2 Å². The molecule has 3 rings (SSSR count). The highest BCUT2D eigenvalue weighted by molar-refractivity contribution is 7.89. The second-order valence-corrected chi connectivity index (χ2v) is 8.38. The number of rotatable bonds is 7. The van der Waals surface area contributed by atoms with Gasteiger partial charge in [0.05, 0.1) is 11.7 Å². The fraction of sp³-hybridized carbons (Fsp3) is 0.278. The van der Waals surface area contributed by atoms with Gasteiger partial charge in [0.2, 0.25) is 15.9 Å². The molecule has 9 heteroatoms. The Labute approximate surface area is 162 Å². The van der Waals surface area contributed by atoms with Crippen molar-refractivity contribution in [1.82, 2.24) is 18.8 Å². The molecule has 27 heavy (non-hydrogen) atoms. The molecule has 1 heterocycles. The third-order valence-electron chi connectivity index (χ3n) is 4.21. The third-order valence-corrected chi connectivity index (χ3v) is 6.20. The van der Waals surface area contributed by atoms with Crippen LogP contribution in [0.15, 0.2) is 53.4 Å². The van der Waals surface area contributed by atoms with Crippen molar-refractivity contribution in [2.75, 3.05) is 0 Å². The lowest BCUT2D eigenvalue weighted by Gasteiger charge is -2.21. The van der Waals surface area contributed by atoms with Crippen molar-refractivity contribution in [3.8, 4) is 0 Å². The number of amides is 1. The average molecular weight is 405 g/mol. The molecule has 0 fully saturated rings. The van der Waals surface area contributed by atoms with E-state index in [0.717, 1.165) is 18.1 Å². The van der Waals surface area contributed by atoms with Gasteiger partial charge < -0.3 is 5.32 Å². The number of aromatic nitrogens is 2. The lowest BCUT2D eigenvalue weighted by atomic mass is 10.1. The Kier molecular flexibility index (Phi) is 5.83. The number of carbonyl (C=O) groups is 1. The van der Waals surface area contributed by atoms with Crippen molar-refractivity contribution >= 4 is 38.7 Å². The van der Waals surface area contributed by atoms with E-state index >= 15 is 0 Å². The number of fused-ring (bicyclic) bond motifs is 1. The average Bonchev–Trinajstić information content (AvgIpc) is 3.15. The van der Waals surface area contributed by atoms with Gasteiger partial charge in [-0.25, -0.2) is 8.42 Å². The zero-order chi connectivity index (χ0) is 19.4. The Bertz CT molecular complexity index is 1030. The number of benzene rings is 2. The van der Waals surface area contributed by atoms with Crippen LogP contribution in [-0.2, 0) is 14.8 Å². The molecule has 0 unspecified atom stereocenters. The van der Waals surface area contributed by atoms with Crippen LogP contribution < -0.4 is 10.0 Å². The highest BCUT2D eigenvalue weighted by Gasteiger charge is 2.29. The van der Waals surface area contributed by atoms with Gasteiger partial charge in [-0.1, -0.05) is 43.3 Å². The van der Waals surface area contributed by atoms with E-state index < -0.39 is 22.0 Å². The zero-order valence-electron chi connectivity index (χ0n) is 14.9. The Morgan fingerprint density at radius 1 is 1.11 bits per heavy atom. The molecule has 2 aromatic carbocycles. The summed E-state index contributed by atoms with van der Waals surface area (Å²) < 4.78 is 36.8. The zero-order valence-corrected chi connectivity index (χ0v) is 16.5. The lowest BCUT2D eigenvalue weighted by molar-refractivity contribution is -0.123. The molecule has 1 amide bonds. The molecule has 0 aliphatic heterocycles. The Morgan fingerprint density at radius 3 is 2.56 bits per heavy atom. The quantitative estimate of drug-likeness (QED) is 0.630. The van der Waals surface area contributed by atoms with Gasteiger partial charge >= 0.3 is 0 Å². The van der Waals surface area contributed by atoms with Gasteiger partial charge in [-0.15, -0.1) is 0 Å². The van der Waals surface area contributed by atoms with Gasteiger partial charge in [-0.3, -0.25) is 4.79 Å². The number of sulfonamides is 1. The molecular weight excluding hydrogens is 384 g/mol. The molecule has 0 aliphatic rings. The molecule has 0 spiro atoms. The molecule has 2 N–H and O–H groups in total. The second-order valence-electron chi connectivity index (χ2n) is 6.17. The van der Waals surface area contributed by atoms with Crippen LogP contribution in [0.5, 0.6) is 0 Å². The van der Waals surface area contributed by atoms with Crippen LogP contribution in [0, 0.1) is 0 Å². The Balaban J connectivity index is 1.98. The summed E-state index contributed by atoms with van der Waals surface area (Å²) in [6, 6.07) is 12.4. The highest BCUT2D eigenvalue weighted by atomic mass is 32.2. The summed E-state index contributed by atoms with van der Waals surface area (Å²) >= 11 is 0.945. The van der Waals surface area contributed by atoms with Crippen molar-refractivity contribution in [1.29, 1.82) is 0 Å². The normalized spacial score (nSPS) is 14.0. The molecule has 142 valence electrons. The Morgan fingerprint density at radius 2 is 1.85 bits per heavy atom. The van der Waals surface area contributed by atoms with E-state index in [9.17, 15) is 13.2 Å². The smallest absolute Gasteiger partial charge is 0.243 e. The molecule has 0 aliphatic carbocycles. The molecule has 2 atom stereocenters. The van der Waals surface area contributed by atoms with Crippen molar-refractivity contribution in [3.63, 3.8) is 0 Å². The number of hydrogen-bond donors (Lipinski definition) is 2. The second kappa shape index (κ2) is 8.12. The standard InChI is InChI=1S/C18H20N4O3S2/c1-3-12(2)19-18(23)16(13-8-5-4-6-9-13)22-27(24,25)15-11-7-10-14-17(15)21-26-20-14/h4-12,16,22H,3H2,1-2H3,(H,19,23)/t12-,16+/m0/s1. The molecule has 7 nitrogen and oxygen atoms in total. The highest BCUT2D eigenvalue weighted by Crippen LogP contribution is 2.23. The number of hydrogen-bond acceptors (Lipinski definition) is 6. The van der Waals surface area contributed by atoms with E-state index in [-0.39, 0.29) is 10.9 Å². The largest absolute Gasteiger partial charge is 0.352 e. The van der Waals surface area contributed by atoms with Gasteiger partial charge in [0.1, 0.15) is 22.0 Å². The molecule has 1 aromatic heterocycles. The fourth-order valence-electron chi connectivity index (χ4n) is 2.56. The predicted octanol–water partition coefficient (Wildman–Crippen LogP) is 2.63. The summed E-state index contributed by atoms with van der Waals surface area (Å²) in [4.78, 5) is 12.8. The maximum Gasteiger partial charge on any atom is 0.243 e. The maximum atomic E-state index is 13.0. The van der Waals surface area contributed by atoms with Gasteiger partial charge in [0.25, 0.3) is 0 Å². The summed E-state index contributed by atoms with van der Waals surface area (Å²) in [7, 11) is -4.00. The molecule has 3 aromatic rings. The summed E-state index contributed by atoms with van der Waals surface area (Å²) in [6.07, 6.45) is 0.740. The van der Waals surface area contributed by atoms with E-state index in [0.29, 0.717) is 16.6 Å². The van der Waals surface area contributed by atoms with E-state index in [1.54, 1.807) is 36.4 Å². The minimum atomic E-state index is -4.00. The van der Waals surface area contributed by atoms with Crippen LogP contribution in [-0.4, -0.2) is 29.1 Å². The van der Waals surface area contributed by atoms with Gasteiger partial charge in [-0.2, -0.15) is 13.5 Å². The van der Waals surface area contributed by atoms with Crippen LogP contribution >= 0.6 is 11.7 Å². The first kappa shape index (κ1) is 19.4. The molecule has 0 saturated heterocycles. The first-order valence-corrected chi connectivity index (χ1v) is 10.7. The summed E-state index contributed by atoms with van der Waals surface area (Å²) in [5, 5.41) is 2.84. The Hall–Kier alpha value is -2.36. The number of carbonyl (C=O) groups excluding carboxylic acids is 1. The van der Waals surface area contributed by atoms with Crippen LogP contribution in [0.2, 0.25) is 0 Å². The maximum absolute atomic E-state index is 13.0. The van der Waals surface area contributed by atoms with Crippen molar-refractivity contribution in [2.45, 2.75) is 37.2 Å².